The molecule has 0 unspecified atom stereocenters. The smallest absolute Gasteiger partial charge is 0.227 e. The third kappa shape index (κ3) is 2.31. The number of nitrogens with zero attached hydrogens (tertiary/aromatic N) is 4. The Morgan fingerprint density at radius 3 is 2.78 bits per heavy atom. The van der Waals surface area contributed by atoms with E-state index >= 15 is 0 Å². The van der Waals surface area contributed by atoms with Gasteiger partial charge in [0.15, 0.2) is 0 Å². The molecular weight excluding hydrogens is 248 g/mol. The van der Waals surface area contributed by atoms with Gasteiger partial charge in [0.05, 0.1) is 5.69 Å². The molecule has 98 valence electrons. The normalized spacial score (nSPS) is 20.9. The van der Waals surface area contributed by atoms with Gasteiger partial charge in [0.1, 0.15) is 5.15 Å². The molecule has 2 aliphatic rings. The van der Waals surface area contributed by atoms with Gasteiger partial charge in [-0.2, -0.15) is 0 Å². The molecule has 18 heavy (non-hydrogen) atoms. The van der Waals surface area contributed by atoms with Gasteiger partial charge in [-0.15, -0.1) is 0 Å². The highest BCUT2D eigenvalue weighted by Crippen LogP contribution is 2.28. The number of halogens is 1. The van der Waals surface area contributed by atoms with Gasteiger partial charge in [-0.25, -0.2) is 9.97 Å². The predicted octanol–water partition coefficient (Wildman–Crippen LogP) is 1.76. The van der Waals surface area contributed by atoms with Gasteiger partial charge in [-0.1, -0.05) is 11.6 Å². The molecule has 4 nitrogen and oxygen atoms in total. The van der Waals surface area contributed by atoms with E-state index in [1.165, 1.54) is 11.3 Å². The lowest BCUT2D eigenvalue weighted by Gasteiger charge is -2.21. The Morgan fingerprint density at radius 2 is 1.89 bits per heavy atom. The minimum atomic E-state index is 0.671. The Morgan fingerprint density at radius 1 is 1.00 bits per heavy atom. The van der Waals surface area contributed by atoms with Crippen LogP contribution in [0.4, 0.5) is 5.95 Å². The molecule has 0 radical (unpaired) electrons. The van der Waals surface area contributed by atoms with E-state index in [0.29, 0.717) is 5.15 Å². The Kier molecular flexibility index (Phi) is 3.39. The van der Waals surface area contributed by atoms with E-state index in [2.05, 4.69) is 21.8 Å². The Bertz CT molecular complexity index is 449. The van der Waals surface area contributed by atoms with E-state index in [0.717, 1.165) is 57.8 Å². The van der Waals surface area contributed by atoms with Gasteiger partial charge in [-0.05, 0) is 39.3 Å². The molecule has 1 saturated heterocycles. The molecule has 0 atom stereocenters. The van der Waals surface area contributed by atoms with Gasteiger partial charge in [-0.3, -0.25) is 0 Å². The van der Waals surface area contributed by atoms with Crippen LogP contribution in [0.5, 0.6) is 0 Å². The molecule has 1 fully saturated rings. The number of aryl methyl sites for hydroxylation is 1. The molecule has 0 spiro atoms. The van der Waals surface area contributed by atoms with Gasteiger partial charge >= 0.3 is 0 Å². The molecule has 1 aromatic heterocycles. The van der Waals surface area contributed by atoms with Crippen molar-refractivity contribution in [1.29, 1.82) is 0 Å². The maximum atomic E-state index is 6.28. The van der Waals surface area contributed by atoms with Crippen LogP contribution < -0.4 is 4.90 Å². The number of hydrogen-bond donors (Lipinski definition) is 0. The molecule has 3 rings (SSSR count). The van der Waals surface area contributed by atoms with Crippen LogP contribution in [-0.2, 0) is 12.8 Å². The molecule has 0 N–H and O–H groups in total. The third-order valence-corrected chi connectivity index (χ3v) is 4.19. The lowest BCUT2D eigenvalue weighted by molar-refractivity contribution is 0.360. The van der Waals surface area contributed by atoms with Crippen molar-refractivity contribution in [1.82, 2.24) is 14.9 Å². The van der Waals surface area contributed by atoms with Crippen molar-refractivity contribution in [3.05, 3.63) is 16.4 Å². The van der Waals surface area contributed by atoms with Crippen molar-refractivity contribution in [3.63, 3.8) is 0 Å². The standard InChI is InChI=1S/C13H19ClN4/c1-17-6-3-7-18(9-8-17)13-15-11-5-2-4-10(11)12(14)16-13/h2-9H2,1H3. The number of anilines is 1. The number of rotatable bonds is 1. The van der Waals surface area contributed by atoms with Crippen molar-refractivity contribution in [2.24, 2.45) is 0 Å². The Balaban J connectivity index is 1.85. The monoisotopic (exact) mass is 266 g/mol. The summed E-state index contributed by atoms with van der Waals surface area (Å²) in [6.07, 6.45) is 4.42. The van der Waals surface area contributed by atoms with Crippen LogP contribution in [0.15, 0.2) is 0 Å². The average Bonchev–Trinajstić information content (AvgIpc) is 2.72. The van der Waals surface area contributed by atoms with E-state index in [9.17, 15) is 0 Å². The lowest BCUT2D eigenvalue weighted by Crippen LogP contribution is -2.30. The minimum Gasteiger partial charge on any atom is -0.339 e. The second-order valence-electron chi connectivity index (χ2n) is 5.24. The SMILES string of the molecule is CN1CCCN(c2nc(Cl)c3c(n2)CCC3)CC1. The highest BCUT2D eigenvalue weighted by Gasteiger charge is 2.21. The number of aromatic nitrogens is 2. The zero-order valence-corrected chi connectivity index (χ0v) is 11.6. The van der Waals surface area contributed by atoms with Gasteiger partial charge < -0.3 is 9.80 Å². The van der Waals surface area contributed by atoms with Gasteiger partial charge in [0, 0.05) is 25.2 Å². The van der Waals surface area contributed by atoms with Crippen LogP contribution in [0.2, 0.25) is 5.15 Å². The molecule has 1 aliphatic heterocycles. The predicted molar refractivity (Wildman–Crippen MR) is 73.4 cm³/mol. The first-order chi connectivity index (χ1) is 8.74. The van der Waals surface area contributed by atoms with E-state index in [4.69, 9.17) is 16.6 Å². The first-order valence-electron chi connectivity index (χ1n) is 6.73. The van der Waals surface area contributed by atoms with E-state index < -0.39 is 0 Å². The fraction of sp³-hybridized carbons (Fsp3) is 0.692. The topological polar surface area (TPSA) is 32.3 Å². The van der Waals surface area contributed by atoms with E-state index in [1.807, 2.05) is 0 Å². The van der Waals surface area contributed by atoms with Crippen molar-refractivity contribution in [2.45, 2.75) is 25.7 Å². The Hall–Kier alpha value is -0.870. The lowest BCUT2D eigenvalue weighted by atomic mass is 10.3. The maximum Gasteiger partial charge on any atom is 0.227 e. The van der Waals surface area contributed by atoms with Crippen LogP contribution in [-0.4, -0.2) is 48.1 Å². The summed E-state index contributed by atoms with van der Waals surface area (Å²) in [5.74, 6) is 0.830. The van der Waals surface area contributed by atoms with Crippen molar-refractivity contribution in [2.75, 3.05) is 38.1 Å². The summed E-state index contributed by atoms with van der Waals surface area (Å²) >= 11 is 6.28. The number of likely N-dealkylation sites (N-methyl/N-ethyl adjacent to an activating group) is 1. The molecule has 0 bridgehead atoms. The quantitative estimate of drug-likeness (QED) is 0.725. The van der Waals surface area contributed by atoms with Crippen LogP contribution in [0.1, 0.15) is 24.1 Å². The van der Waals surface area contributed by atoms with Crippen LogP contribution >= 0.6 is 11.6 Å². The molecule has 1 aliphatic carbocycles. The summed E-state index contributed by atoms with van der Waals surface area (Å²) in [5, 5.41) is 0.671. The summed E-state index contributed by atoms with van der Waals surface area (Å²) < 4.78 is 0. The molecule has 1 aromatic rings. The Labute approximate surface area is 113 Å². The second-order valence-corrected chi connectivity index (χ2v) is 5.60. The highest BCUT2D eigenvalue weighted by atomic mass is 35.5. The summed E-state index contributed by atoms with van der Waals surface area (Å²) in [6.45, 7) is 4.23. The second kappa shape index (κ2) is 5.02. The van der Waals surface area contributed by atoms with Gasteiger partial charge in [0.2, 0.25) is 5.95 Å². The van der Waals surface area contributed by atoms with Crippen LogP contribution in [0.25, 0.3) is 0 Å². The van der Waals surface area contributed by atoms with Crippen LogP contribution in [0.3, 0.4) is 0 Å². The zero-order chi connectivity index (χ0) is 12.5. The van der Waals surface area contributed by atoms with Gasteiger partial charge in [0.25, 0.3) is 0 Å². The average molecular weight is 267 g/mol. The number of hydrogen-bond acceptors (Lipinski definition) is 4. The summed E-state index contributed by atoms with van der Waals surface area (Å²) in [6, 6.07) is 0. The van der Waals surface area contributed by atoms with E-state index in [-0.39, 0.29) is 0 Å². The molecule has 5 heteroatoms. The summed E-state index contributed by atoms with van der Waals surface area (Å²) in [5.41, 5.74) is 2.34. The fourth-order valence-corrected chi connectivity index (χ4v) is 3.04. The molecule has 0 aromatic carbocycles. The first kappa shape index (κ1) is 12.2. The molecular formula is C13H19ClN4. The fourth-order valence-electron chi connectivity index (χ4n) is 2.76. The first-order valence-corrected chi connectivity index (χ1v) is 7.10. The zero-order valence-electron chi connectivity index (χ0n) is 10.8. The maximum absolute atomic E-state index is 6.28. The third-order valence-electron chi connectivity index (χ3n) is 3.87. The number of fused-ring (bicyclic) bond motifs is 1. The molecule has 0 amide bonds. The summed E-state index contributed by atoms with van der Waals surface area (Å²) in [4.78, 5) is 13.8. The minimum absolute atomic E-state index is 0.671. The summed E-state index contributed by atoms with van der Waals surface area (Å²) in [7, 11) is 2.17. The van der Waals surface area contributed by atoms with Crippen LogP contribution in [0, 0.1) is 0 Å². The molecule has 2 heterocycles. The van der Waals surface area contributed by atoms with Crippen molar-refractivity contribution >= 4 is 17.5 Å². The van der Waals surface area contributed by atoms with Crippen molar-refractivity contribution in [3.8, 4) is 0 Å². The van der Waals surface area contributed by atoms with Crippen molar-refractivity contribution < 1.29 is 0 Å². The highest BCUT2D eigenvalue weighted by molar-refractivity contribution is 6.30. The molecule has 0 saturated carbocycles. The largest absolute Gasteiger partial charge is 0.339 e. The van der Waals surface area contributed by atoms with E-state index in [1.54, 1.807) is 0 Å².